The number of hydrogen-bond acceptors (Lipinski definition) is 3. The highest BCUT2D eigenvalue weighted by atomic mass is 19.4. The molecule has 26 heavy (non-hydrogen) atoms. The van der Waals surface area contributed by atoms with Gasteiger partial charge in [0.1, 0.15) is 23.5 Å². The smallest absolute Gasteiger partial charge is 0.428 e. The van der Waals surface area contributed by atoms with E-state index in [1.165, 1.54) is 13.0 Å². The molecule has 2 aromatic carbocycles. The van der Waals surface area contributed by atoms with Crippen molar-refractivity contribution in [3.63, 3.8) is 0 Å². The molecule has 0 radical (unpaired) electrons. The first kappa shape index (κ1) is 17.8. The van der Waals surface area contributed by atoms with Crippen molar-refractivity contribution in [3.8, 4) is 11.1 Å². The van der Waals surface area contributed by atoms with Crippen LogP contribution >= 0.6 is 0 Å². The second-order valence-electron chi connectivity index (χ2n) is 5.54. The highest BCUT2D eigenvalue weighted by Gasteiger charge is 2.35. The van der Waals surface area contributed by atoms with E-state index in [4.69, 9.17) is 4.74 Å². The summed E-state index contributed by atoms with van der Waals surface area (Å²) in [4.78, 5) is 11.1. The van der Waals surface area contributed by atoms with Gasteiger partial charge in [-0.25, -0.2) is 19.0 Å². The van der Waals surface area contributed by atoms with Crippen LogP contribution in [0.4, 0.5) is 26.7 Å². The molecule has 4 nitrogen and oxygen atoms in total. The summed E-state index contributed by atoms with van der Waals surface area (Å²) >= 11 is 0. The summed E-state index contributed by atoms with van der Waals surface area (Å²) in [5, 5.41) is 3.72. The number of benzene rings is 2. The van der Waals surface area contributed by atoms with Gasteiger partial charge >= 0.3 is 12.3 Å². The van der Waals surface area contributed by atoms with Crippen molar-refractivity contribution in [2.75, 3.05) is 0 Å². The Kier molecular flexibility index (Phi) is 4.39. The molecule has 0 aromatic heterocycles. The Balaban J connectivity index is 2.15. The number of halogens is 5. The zero-order valence-electron chi connectivity index (χ0n) is 13.2. The number of rotatable bonds is 2. The molecule has 3 rings (SSSR count). The molecule has 1 heterocycles. The molecule has 2 aromatic rings. The van der Waals surface area contributed by atoms with Crippen LogP contribution < -0.4 is 5.43 Å². The van der Waals surface area contributed by atoms with Crippen LogP contribution in [0.2, 0.25) is 0 Å². The van der Waals surface area contributed by atoms with Crippen LogP contribution in [0.1, 0.15) is 18.1 Å². The molecule has 0 saturated heterocycles. The fourth-order valence-corrected chi connectivity index (χ4v) is 2.62. The van der Waals surface area contributed by atoms with E-state index in [-0.39, 0.29) is 16.8 Å². The Bertz CT molecular complexity index is 909. The lowest BCUT2D eigenvalue weighted by atomic mass is 9.94. The number of amides is 1. The first-order valence-electron chi connectivity index (χ1n) is 7.38. The summed E-state index contributed by atoms with van der Waals surface area (Å²) in [5.41, 5.74) is 0.225. The van der Waals surface area contributed by atoms with Gasteiger partial charge in [0.15, 0.2) is 0 Å². The molecule has 1 aliphatic rings. The standard InChI is InChI=1S/C17H11F5N2O2/c1-8-15(23-24-16(25)26-8)9-2-4-11(13(6-9)17(20,21)22)12-5-3-10(18)7-14(12)19/h2-8H,1H3,(H,24,25)/t8-/m0/s1. The summed E-state index contributed by atoms with van der Waals surface area (Å²) in [5.74, 6) is -2.00. The van der Waals surface area contributed by atoms with E-state index in [1.54, 1.807) is 0 Å². The third-order valence-corrected chi connectivity index (χ3v) is 3.78. The van der Waals surface area contributed by atoms with Crippen molar-refractivity contribution in [2.24, 2.45) is 5.10 Å². The molecule has 0 fully saturated rings. The first-order chi connectivity index (χ1) is 12.2. The summed E-state index contributed by atoms with van der Waals surface area (Å²) in [6, 6.07) is 5.49. The monoisotopic (exact) mass is 370 g/mol. The van der Waals surface area contributed by atoms with Crippen molar-refractivity contribution in [2.45, 2.75) is 19.2 Å². The van der Waals surface area contributed by atoms with Crippen LogP contribution in [-0.2, 0) is 10.9 Å². The fraction of sp³-hybridized carbons (Fsp3) is 0.176. The zero-order chi connectivity index (χ0) is 19.1. The maximum Gasteiger partial charge on any atom is 0.428 e. The van der Waals surface area contributed by atoms with Gasteiger partial charge in [0, 0.05) is 17.2 Å². The van der Waals surface area contributed by atoms with Crippen LogP contribution in [0, 0.1) is 11.6 Å². The number of cyclic esters (lactones) is 1. The number of hydrogen-bond donors (Lipinski definition) is 1. The maximum absolute atomic E-state index is 14.0. The van der Waals surface area contributed by atoms with Crippen LogP contribution in [0.5, 0.6) is 0 Å². The van der Waals surface area contributed by atoms with Gasteiger partial charge in [-0.15, -0.1) is 0 Å². The summed E-state index contributed by atoms with van der Waals surface area (Å²) in [6.45, 7) is 1.46. The van der Waals surface area contributed by atoms with E-state index in [1.807, 2.05) is 5.43 Å². The molecule has 0 saturated carbocycles. The van der Waals surface area contributed by atoms with Crippen molar-refractivity contribution in [1.29, 1.82) is 0 Å². The van der Waals surface area contributed by atoms with Crippen molar-refractivity contribution < 1.29 is 31.5 Å². The second-order valence-corrected chi connectivity index (χ2v) is 5.54. The number of hydrazone groups is 1. The highest BCUT2D eigenvalue weighted by molar-refractivity contribution is 6.06. The minimum Gasteiger partial charge on any atom is -0.439 e. The Morgan fingerprint density at radius 2 is 1.77 bits per heavy atom. The van der Waals surface area contributed by atoms with Gasteiger partial charge in [0.05, 0.1) is 5.56 Å². The third-order valence-electron chi connectivity index (χ3n) is 3.78. The Morgan fingerprint density at radius 1 is 1.08 bits per heavy atom. The SMILES string of the molecule is C[C@@H]1OC(=O)NN=C1c1ccc(-c2ccc(F)cc2F)c(C(F)(F)F)c1. The van der Waals surface area contributed by atoms with Crippen LogP contribution in [0.25, 0.3) is 11.1 Å². The molecular formula is C17H11F5N2O2. The van der Waals surface area contributed by atoms with E-state index < -0.39 is 41.1 Å². The van der Waals surface area contributed by atoms with Gasteiger partial charge in [0.25, 0.3) is 0 Å². The molecule has 1 aliphatic heterocycles. The van der Waals surface area contributed by atoms with E-state index in [2.05, 4.69) is 5.10 Å². The van der Waals surface area contributed by atoms with Gasteiger partial charge in [-0.3, -0.25) is 0 Å². The van der Waals surface area contributed by atoms with Gasteiger partial charge in [-0.05, 0) is 30.7 Å². The molecule has 1 N–H and O–H groups in total. The molecule has 1 amide bonds. The number of nitrogens with one attached hydrogen (secondary N) is 1. The molecule has 136 valence electrons. The van der Waals surface area contributed by atoms with Crippen molar-refractivity contribution in [3.05, 3.63) is 59.2 Å². The van der Waals surface area contributed by atoms with E-state index in [9.17, 15) is 26.7 Å². The molecule has 0 unspecified atom stereocenters. The van der Waals surface area contributed by atoms with E-state index in [0.29, 0.717) is 6.07 Å². The lowest BCUT2D eigenvalue weighted by molar-refractivity contribution is -0.137. The summed E-state index contributed by atoms with van der Waals surface area (Å²) in [6.07, 6.45) is -6.48. The lowest BCUT2D eigenvalue weighted by Gasteiger charge is -2.22. The van der Waals surface area contributed by atoms with Gasteiger partial charge in [-0.2, -0.15) is 18.3 Å². The molecule has 1 atom stereocenters. The van der Waals surface area contributed by atoms with Crippen LogP contribution in [0.15, 0.2) is 41.5 Å². The molecular weight excluding hydrogens is 359 g/mol. The number of alkyl halides is 3. The van der Waals surface area contributed by atoms with Crippen LogP contribution in [-0.4, -0.2) is 17.9 Å². The second kappa shape index (κ2) is 6.40. The molecule has 0 bridgehead atoms. The molecule has 0 spiro atoms. The third kappa shape index (κ3) is 3.37. The molecule has 9 heteroatoms. The van der Waals surface area contributed by atoms with E-state index >= 15 is 0 Å². The topological polar surface area (TPSA) is 50.7 Å². The minimum atomic E-state index is -4.80. The number of carbonyl (C=O) groups is 1. The minimum absolute atomic E-state index is 0.0519. The van der Waals surface area contributed by atoms with Crippen molar-refractivity contribution in [1.82, 2.24) is 5.43 Å². The first-order valence-corrected chi connectivity index (χ1v) is 7.38. The average Bonchev–Trinajstić information content (AvgIpc) is 2.54. The lowest BCUT2D eigenvalue weighted by Crippen LogP contribution is -2.37. The number of carbonyl (C=O) groups excluding carboxylic acids is 1. The fourth-order valence-electron chi connectivity index (χ4n) is 2.62. The average molecular weight is 370 g/mol. The predicted octanol–water partition coefficient (Wildman–Crippen LogP) is 4.48. The zero-order valence-corrected chi connectivity index (χ0v) is 13.2. The molecule has 0 aliphatic carbocycles. The predicted molar refractivity (Wildman–Crippen MR) is 82.4 cm³/mol. The normalized spacial score (nSPS) is 17.4. The highest BCUT2D eigenvalue weighted by Crippen LogP contribution is 2.39. The van der Waals surface area contributed by atoms with Gasteiger partial charge in [-0.1, -0.05) is 12.1 Å². The van der Waals surface area contributed by atoms with Gasteiger partial charge < -0.3 is 4.74 Å². The van der Waals surface area contributed by atoms with Crippen molar-refractivity contribution >= 4 is 11.8 Å². The quantitative estimate of drug-likeness (QED) is 0.793. The summed E-state index contributed by atoms with van der Waals surface area (Å²) < 4.78 is 72.4. The number of nitrogens with zero attached hydrogens (tertiary/aromatic N) is 1. The van der Waals surface area contributed by atoms with Gasteiger partial charge in [0.2, 0.25) is 0 Å². The number of ether oxygens (including phenoxy) is 1. The van der Waals surface area contributed by atoms with Crippen LogP contribution in [0.3, 0.4) is 0 Å². The summed E-state index contributed by atoms with van der Waals surface area (Å²) in [7, 11) is 0. The largest absolute Gasteiger partial charge is 0.439 e. The van der Waals surface area contributed by atoms with E-state index in [0.717, 1.165) is 24.3 Å². The Morgan fingerprint density at radius 3 is 2.38 bits per heavy atom. The Labute approximate surface area is 144 Å². The maximum atomic E-state index is 14.0. The Hall–Kier alpha value is -2.97.